The number of hydrogen-bond acceptors (Lipinski definition) is 1. The van der Waals surface area contributed by atoms with Crippen LogP contribution in [0.15, 0.2) is 186 Å². The molecule has 1 heteroatoms. The van der Waals surface area contributed by atoms with E-state index in [0.717, 1.165) is 92.5 Å². The number of rotatable bonds is 3. The van der Waals surface area contributed by atoms with E-state index in [4.69, 9.17) is 4.42 Å². The Morgan fingerprint density at radius 2 is 0.836 bits per heavy atom. The van der Waals surface area contributed by atoms with Gasteiger partial charge in [0.1, 0.15) is 11.2 Å². The van der Waals surface area contributed by atoms with Crippen molar-refractivity contribution >= 4 is 97.3 Å². The fourth-order valence-corrected chi connectivity index (χ4v) is 9.48. The lowest BCUT2D eigenvalue weighted by atomic mass is 9.84. The molecular formula is C54H30O. The minimum absolute atomic E-state index is 0.0413. The van der Waals surface area contributed by atoms with Gasteiger partial charge in [0.15, 0.2) is 0 Å². The van der Waals surface area contributed by atoms with Crippen LogP contribution >= 0.6 is 0 Å². The van der Waals surface area contributed by atoms with E-state index in [1.807, 2.05) is 30.3 Å². The van der Waals surface area contributed by atoms with Gasteiger partial charge in [0.05, 0.1) is 4.11 Å². The molecule has 0 saturated carbocycles. The summed E-state index contributed by atoms with van der Waals surface area (Å²) in [5, 5.41) is 17.7. The van der Waals surface area contributed by atoms with E-state index >= 15 is 0 Å². The number of fused-ring (bicyclic) bond motifs is 4. The average molecular weight is 698 g/mol. The highest BCUT2D eigenvalue weighted by Crippen LogP contribution is 2.46. The summed E-state index contributed by atoms with van der Waals surface area (Å²) in [6, 6.07) is 57.5. The molecule has 0 amide bonds. The molecule has 0 bridgehead atoms. The topological polar surface area (TPSA) is 13.1 Å². The van der Waals surface area contributed by atoms with Crippen LogP contribution in [0.25, 0.3) is 131 Å². The third-order valence-electron chi connectivity index (χ3n) is 12.0. The van der Waals surface area contributed by atoms with E-state index in [-0.39, 0.29) is 18.1 Å². The highest BCUT2D eigenvalue weighted by Gasteiger charge is 2.19. The number of hydrogen-bond donors (Lipinski definition) is 0. The second-order valence-corrected chi connectivity index (χ2v) is 14.9. The smallest absolute Gasteiger partial charge is 0.136 e. The largest absolute Gasteiger partial charge is 0.456 e. The molecule has 252 valence electrons. The van der Waals surface area contributed by atoms with Crippen molar-refractivity contribution in [3.05, 3.63) is 182 Å². The van der Waals surface area contributed by atoms with Gasteiger partial charge in [-0.25, -0.2) is 0 Å². The van der Waals surface area contributed by atoms with Crippen molar-refractivity contribution < 1.29 is 8.53 Å². The Morgan fingerprint density at radius 1 is 0.309 bits per heavy atom. The molecule has 12 aromatic carbocycles. The maximum absolute atomic E-state index is 10.4. The lowest BCUT2D eigenvalue weighted by Gasteiger charge is -2.19. The average Bonchev–Trinajstić information content (AvgIpc) is 3.62. The molecule has 0 aliphatic carbocycles. The lowest BCUT2D eigenvalue weighted by molar-refractivity contribution is 0.669. The van der Waals surface area contributed by atoms with Crippen molar-refractivity contribution in [2.75, 3.05) is 0 Å². The Kier molecular flexibility index (Phi) is 5.15. The van der Waals surface area contributed by atoms with Crippen LogP contribution in [-0.4, -0.2) is 0 Å². The minimum atomic E-state index is 0.0413. The normalized spacial score (nSPS) is 13.1. The van der Waals surface area contributed by atoms with Crippen molar-refractivity contribution in [1.82, 2.24) is 0 Å². The molecule has 0 N–H and O–H groups in total. The summed E-state index contributed by atoms with van der Waals surface area (Å²) in [7, 11) is 0. The summed E-state index contributed by atoms with van der Waals surface area (Å²) in [5.74, 6) is 0. The fourth-order valence-electron chi connectivity index (χ4n) is 9.48. The number of benzene rings is 12. The van der Waals surface area contributed by atoms with E-state index in [1.54, 1.807) is 0 Å². The molecule has 0 aliphatic rings. The summed E-state index contributed by atoms with van der Waals surface area (Å²) in [5.41, 5.74) is 5.69. The van der Waals surface area contributed by atoms with Gasteiger partial charge in [0, 0.05) is 10.8 Å². The molecule has 1 heterocycles. The number of furan rings is 1. The zero-order valence-electron chi connectivity index (χ0n) is 32.5. The molecule has 0 unspecified atom stereocenters. The van der Waals surface area contributed by atoms with Gasteiger partial charge in [-0.1, -0.05) is 152 Å². The summed E-state index contributed by atoms with van der Waals surface area (Å²) in [6.45, 7) is 0. The SMILES string of the molecule is [2H]c1c([2H])c(-c2ccc3oc4cc5ccccc5cc4c3c2)c(-c2ccc3ccc4cccc5ccc2c3c45)c([2H])c1-c1ccc2ccc3cccc4ccc1c2c34. The fraction of sp³-hybridized carbons (Fsp3) is 0. The van der Waals surface area contributed by atoms with Gasteiger partial charge in [-0.15, -0.1) is 0 Å². The Labute approximate surface area is 320 Å². The first-order valence-electron chi connectivity index (χ1n) is 20.3. The van der Waals surface area contributed by atoms with Crippen LogP contribution in [0.1, 0.15) is 4.11 Å². The van der Waals surface area contributed by atoms with Crippen molar-refractivity contribution in [2.45, 2.75) is 0 Å². The predicted octanol–water partition coefficient (Wildman–Crippen LogP) is 15.5. The minimum Gasteiger partial charge on any atom is -0.456 e. The van der Waals surface area contributed by atoms with Crippen molar-refractivity contribution in [1.29, 1.82) is 0 Å². The van der Waals surface area contributed by atoms with E-state index in [0.29, 0.717) is 16.7 Å². The molecule has 1 nitrogen and oxygen atoms in total. The third-order valence-corrected chi connectivity index (χ3v) is 12.0. The molecule has 0 aliphatic heterocycles. The predicted molar refractivity (Wildman–Crippen MR) is 235 cm³/mol. The Bertz CT molecular complexity index is 3860. The van der Waals surface area contributed by atoms with E-state index < -0.39 is 0 Å². The van der Waals surface area contributed by atoms with Gasteiger partial charge in [-0.2, -0.15) is 0 Å². The molecule has 0 atom stereocenters. The van der Waals surface area contributed by atoms with Crippen LogP contribution in [0.5, 0.6) is 0 Å². The lowest BCUT2D eigenvalue weighted by Crippen LogP contribution is -1.92. The standard InChI is InChI=1S/C54H30O/c1-2-6-38-30-50-48(27-37(38)5-1)47-29-40(20-26-49(47)55-50)42-22-19-39(41-21-15-35-13-11-31-7-3-9-33-17-24-44(41)53(35)51(31)33)28-46(42)43-23-16-36-14-12-32-8-4-10-34-18-25-45(43)54(36)52(32)34/h1-30H/i19D,22D,28D. The van der Waals surface area contributed by atoms with Gasteiger partial charge in [-0.3, -0.25) is 0 Å². The maximum atomic E-state index is 10.4. The molecule has 0 saturated heterocycles. The van der Waals surface area contributed by atoms with Gasteiger partial charge >= 0.3 is 0 Å². The Hall–Kier alpha value is -7.22. The first-order chi connectivity index (χ1) is 28.5. The molecular weight excluding hydrogens is 665 g/mol. The molecule has 0 spiro atoms. The van der Waals surface area contributed by atoms with Crippen LogP contribution < -0.4 is 0 Å². The van der Waals surface area contributed by atoms with Gasteiger partial charge < -0.3 is 4.42 Å². The quantitative estimate of drug-likeness (QED) is 0.168. The third kappa shape index (κ3) is 4.07. The molecule has 0 fully saturated rings. The Morgan fingerprint density at radius 3 is 1.51 bits per heavy atom. The summed E-state index contributed by atoms with van der Waals surface area (Å²) in [6.07, 6.45) is 0. The van der Waals surface area contributed by atoms with Crippen LogP contribution in [0.2, 0.25) is 0 Å². The van der Waals surface area contributed by atoms with Crippen LogP contribution in [-0.2, 0) is 0 Å². The van der Waals surface area contributed by atoms with Gasteiger partial charge in [-0.05, 0) is 139 Å². The van der Waals surface area contributed by atoms with Crippen LogP contribution in [0, 0.1) is 0 Å². The van der Waals surface area contributed by atoms with Crippen LogP contribution in [0.3, 0.4) is 0 Å². The van der Waals surface area contributed by atoms with Crippen molar-refractivity contribution in [2.24, 2.45) is 0 Å². The van der Waals surface area contributed by atoms with Gasteiger partial charge in [0.2, 0.25) is 0 Å². The first kappa shape index (κ1) is 26.5. The highest BCUT2D eigenvalue weighted by atomic mass is 16.3. The maximum Gasteiger partial charge on any atom is 0.136 e. The molecule has 13 aromatic rings. The summed E-state index contributed by atoms with van der Waals surface area (Å²) < 4.78 is 36.6. The van der Waals surface area contributed by atoms with Crippen LogP contribution in [0.4, 0.5) is 0 Å². The van der Waals surface area contributed by atoms with E-state index in [9.17, 15) is 4.11 Å². The zero-order chi connectivity index (χ0) is 38.4. The molecule has 0 radical (unpaired) electrons. The zero-order valence-corrected chi connectivity index (χ0v) is 29.5. The van der Waals surface area contributed by atoms with Crippen molar-refractivity contribution in [3.8, 4) is 33.4 Å². The second kappa shape index (κ2) is 10.7. The molecule has 55 heavy (non-hydrogen) atoms. The summed E-state index contributed by atoms with van der Waals surface area (Å²) >= 11 is 0. The second-order valence-electron chi connectivity index (χ2n) is 14.9. The van der Waals surface area contributed by atoms with Gasteiger partial charge in [0.25, 0.3) is 0 Å². The summed E-state index contributed by atoms with van der Waals surface area (Å²) in [4.78, 5) is 0. The van der Waals surface area contributed by atoms with Crippen molar-refractivity contribution in [3.63, 3.8) is 0 Å². The highest BCUT2D eigenvalue weighted by molar-refractivity contribution is 6.27. The molecule has 13 rings (SSSR count). The Balaban J connectivity index is 1.16. The monoisotopic (exact) mass is 697 g/mol. The first-order valence-corrected chi connectivity index (χ1v) is 18.8. The van der Waals surface area contributed by atoms with E-state index in [2.05, 4.69) is 133 Å². The van der Waals surface area contributed by atoms with E-state index in [1.165, 1.54) is 21.5 Å². The molecule has 1 aromatic heterocycles.